The molecule has 3 heteroatoms. The van der Waals surface area contributed by atoms with Crippen molar-refractivity contribution in [1.82, 2.24) is 0 Å². The van der Waals surface area contributed by atoms with E-state index in [9.17, 15) is 9.18 Å². The van der Waals surface area contributed by atoms with Gasteiger partial charge in [0.05, 0.1) is 0 Å². The number of halogens is 1. The molecule has 0 fully saturated rings. The monoisotopic (exact) mass is 230 g/mol. The van der Waals surface area contributed by atoms with Gasteiger partial charge in [-0.05, 0) is 23.8 Å². The van der Waals surface area contributed by atoms with Gasteiger partial charge in [0.1, 0.15) is 12.9 Å². The van der Waals surface area contributed by atoms with Crippen LogP contribution in [0.2, 0.25) is 0 Å². The maximum absolute atomic E-state index is 13.4. The first kappa shape index (κ1) is 11.3. The summed E-state index contributed by atoms with van der Waals surface area (Å²) in [7, 11) is 0. The summed E-state index contributed by atoms with van der Waals surface area (Å²) in [5.41, 5.74) is 1.35. The molecule has 0 amide bonds. The summed E-state index contributed by atoms with van der Waals surface area (Å²) in [4.78, 5) is 10.6. The molecule has 86 valence electrons. The summed E-state index contributed by atoms with van der Waals surface area (Å²) in [6.45, 7) is 0.278. The summed E-state index contributed by atoms with van der Waals surface area (Å²) in [6.07, 6.45) is 0.662. The lowest BCUT2D eigenvalue weighted by Crippen LogP contribution is -1.98. The molecule has 0 aliphatic rings. The first-order valence-corrected chi connectivity index (χ1v) is 5.21. The fourth-order valence-electron chi connectivity index (χ4n) is 1.44. The molecule has 0 heterocycles. The molecule has 2 aromatic rings. The smallest absolute Gasteiger partial charge is 0.165 e. The van der Waals surface area contributed by atoms with Gasteiger partial charge in [0.15, 0.2) is 11.6 Å². The molecule has 17 heavy (non-hydrogen) atoms. The minimum atomic E-state index is -0.466. The van der Waals surface area contributed by atoms with E-state index in [2.05, 4.69) is 0 Å². The van der Waals surface area contributed by atoms with E-state index in [0.29, 0.717) is 11.8 Å². The predicted molar refractivity (Wildman–Crippen MR) is 62.6 cm³/mol. The van der Waals surface area contributed by atoms with Crippen LogP contribution in [0.15, 0.2) is 48.5 Å². The van der Waals surface area contributed by atoms with Gasteiger partial charge in [-0.1, -0.05) is 30.3 Å². The van der Waals surface area contributed by atoms with Gasteiger partial charge in [-0.15, -0.1) is 0 Å². The van der Waals surface area contributed by atoms with Crippen LogP contribution >= 0.6 is 0 Å². The lowest BCUT2D eigenvalue weighted by Gasteiger charge is -2.07. The number of rotatable bonds is 4. The highest BCUT2D eigenvalue weighted by molar-refractivity contribution is 5.75. The topological polar surface area (TPSA) is 26.3 Å². The highest BCUT2D eigenvalue weighted by atomic mass is 19.1. The van der Waals surface area contributed by atoms with E-state index in [1.165, 1.54) is 18.2 Å². The summed E-state index contributed by atoms with van der Waals surface area (Å²) in [6, 6.07) is 13.5. The highest BCUT2D eigenvalue weighted by Crippen LogP contribution is 2.19. The third kappa shape index (κ3) is 2.91. The van der Waals surface area contributed by atoms with Crippen LogP contribution in [0.3, 0.4) is 0 Å². The third-order valence-corrected chi connectivity index (χ3v) is 2.33. The quantitative estimate of drug-likeness (QED) is 0.754. The van der Waals surface area contributed by atoms with Crippen LogP contribution < -0.4 is 4.74 Å². The van der Waals surface area contributed by atoms with E-state index in [0.717, 1.165) is 5.56 Å². The minimum Gasteiger partial charge on any atom is -0.486 e. The molecule has 0 bridgehead atoms. The zero-order valence-electron chi connectivity index (χ0n) is 9.10. The molecule has 0 N–H and O–H groups in total. The minimum absolute atomic E-state index is 0.0958. The van der Waals surface area contributed by atoms with Crippen LogP contribution in [0.5, 0.6) is 5.75 Å². The van der Waals surface area contributed by atoms with Gasteiger partial charge in [-0.3, -0.25) is 4.79 Å². The van der Waals surface area contributed by atoms with E-state index in [1.54, 1.807) is 0 Å². The molecule has 0 saturated heterocycles. The molecule has 0 unspecified atom stereocenters. The van der Waals surface area contributed by atoms with Crippen molar-refractivity contribution in [3.8, 4) is 5.75 Å². The van der Waals surface area contributed by atoms with Crippen molar-refractivity contribution in [2.75, 3.05) is 0 Å². The Labute approximate surface area is 98.7 Å². The van der Waals surface area contributed by atoms with Crippen LogP contribution in [0, 0.1) is 5.82 Å². The molecule has 0 atom stereocenters. The summed E-state index contributed by atoms with van der Waals surface area (Å²) in [5.74, 6) is -0.370. The van der Waals surface area contributed by atoms with Gasteiger partial charge in [0, 0.05) is 5.56 Å². The lowest BCUT2D eigenvalue weighted by atomic mass is 10.2. The maximum atomic E-state index is 13.4. The second-order valence-corrected chi connectivity index (χ2v) is 3.58. The molecule has 2 nitrogen and oxygen atoms in total. The summed E-state index contributed by atoms with van der Waals surface area (Å²) in [5, 5.41) is 0. The Kier molecular flexibility index (Phi) is 3.50. The Morgan fingerprint density at radius 3 is 2.59 bits per heavy atom. The lowest BCUT2D eigenvalue weighted by molar-refractivity contribution is 0.112. The number of carbonyl (C=O) groups excluding carboxylic acids is 1. The van der Waals surface area contributed by atoms with Crippen molar-refractivity contribution in [3.05, 3.63) is 65.5 Å². The van der Waals surface area contributed by atoms with Gasteiger partial charge >= 0.3 is 0 Å². The molecule has 2 aromatic carbocycles. The molecule has 0 saturated carbocycles. The second-order valence-electron chi connectivity index (χ2n) is 3.58. The molecule has 2 rings (SSSR count). The summed E-state index contributed by atoms with van der Waals surface area (Å²) < 4.78 is 18.7. The van der Waals surface area contributed by atoms with Crippen LogP contribution in [0.25, 0.3) is 0 Å². The number of hydrogen-bond donors (Lipinski definition) is 0. The second kappa shape index (κ2) is 5.25. The fraction of sp³-hybridized carbons (Fsp3) is 0.0714. The maximum Gasteiger partial charge on any atom is 0.165 e. The van der Waals surface area contributed by atoms with Crippen molar-refractivity contribution < 1.29 is 13.9 Å². The van der Waals surface area contributed by atoms with Crippen molar-refractivity contribution in [1.29, 1.82) is 0 Å². The zero-order valence-corrected chi connectivity index (χ0v) is 9.10. The molecule has 0 aromatic heterocycles. The van der Waals surface area contributed by atoms with Crippen LogP contribution in [-0.4, -0.2) is 6.29 Å². The van der Waals surface area contributed by atoms with Gasteiger partial charge in [-0.2, -0.15) is 0 Å². The molecule has 0 aliphatic heterocycles. The van der Waals surface area contributed by atoms with Gasteiger partial charge in [0.25, 0.3) is 0 Å². The Bertz CT molecular complexity index is 509. The van der Waals surface area contributed by atoms with Gasteiger partial charge < -0.3 is 4.74 Å². The van der Waals surface area contributed by atoms with Crippen molar-refractivity contribution >= 4 is 6.29 Å². The zero-order chi connectivity index (χ0) is 12.1. The Hall–Kier alpha value is -2.16. The first-order valence-electron chi connectivity index (χ1n) is 5.21. The van der Waals surface area contributed by atoms with Crippen LogP contribution in [-0.2, 0) is 6.61 Å². The third-order valence-electron chi connectivity index (χ3n) is 2.33. The van der Waals surface area contributed by atoms with Gasteiger partial charge in [0.2, 0.25) is 0 Å². The predicted octanol–water partition coefficient (Wildman–Crippen LogP) is 3.22. The normalized spacial score (nSPS) is 9.94. The standard InChI is InChI=1S/C14H11FO2/c15-13-7-6-12(9-16)8-14(13)17-10-11-4-2-1-3-5-11/h1-9H,10H2. The number of ether oxygens (including phenoxy) is 1. The molecule has 0 aliphatic carbocycles. The highest BCUT2D eigenvalue weighted by Gasteiger charge is 2.04. The van der Waals surface area contributed by atoms with Crippen molar-refractivity contribution in [3.63, 3.8) is 0 Å². The number of benzene rings is 2. The summed E-state index contributed by atoms with van der Waals surface area (Å²) >= 11 is 0. The van der Waals surface area contributed by atoms with Crippen molar-refractivity contribution in [2.24, 2.45) is 0 Å². The van der Waals surface area contributed by atoms with E-state index in [4.69, 9.17) is 4.74 Å². The van der Waals surface area contributed by atoms with E-state index in [1.807, 2.05) is 30.3 Å². The van der Waals surface area contributed by atoms with Crippen molar-refractivity contribution in [2.45, 2.75) is 6.61 Å². The van der Waals surface area contributed by atoms with Gasteiger partial charge in [-0.25, -0.2) is 4.39 Å². The Balaban J connectivity index is 2.11. The Morgan fingerprint density at radius 1 is 1.12 bits per heavy atom. The first-order chi connectivity index (χ1) is 8.29. The average molecular weight is 230 g/mol. The number of aldehydes is 1. The Morgan fingerprint density at radius 2 is 1.88 bits per heavy atom. The molecule has 0 radical (unpaired) electrons. The molecular formula is C14H11FO2. The SMILES string of the molecule is O=Cc1ccc(F)c(OCc2ccccc2)c1. The largest absolute Gasteiger partial charge is 0.486 e. The average Bonchev–Trinajstić information content (AvgIpc) is 2.39. The molecular weight excluding hydrogens is 219 g/mol. The van der Waals surface area contributed by atoms with E-state index >= 15 is 0 Å². The van der Waals surface area contributed by atoms with E-state index in [-0.39, 0.29) is 12.4 Å². The van der Waals surface area contributed by atoms with E-state index < -0.39 is 5.82 Å². The molecule has 0 spiro atoms. The number of hydrogen-bond acceptors (Lipinski definition) is 2. The fourth-order valence-corrected chi connectivity index (χ4v) is 1.44. The number of carbonyl (C=O) groups is 1. The van der Waals surface area contributed by atoms with Crippen LogP contribution in [0.1, 0.15) is 15.9 Å². The van der Waals surface area contributed by atoms with Crippen LogP contribution in [0.4, 0.5) is 4.39 Å².